The number of amides is 1. The number of carbonyl (C=O) groups is 1. The first-order valence-corrected chi connectivity index (χ1v) is 8.51. The summed E-state index contributed by atoms with van der Waals surface area (Å²) in [6, 6.07) is 0. The topological polar surface area (TPSA) is 46.3 Å². The van der Waals surface area contributed by atoms with Gasteiger partial charge >= 0.3 is 0 Å². The third kappa shape index (κ3) is 2.47. The molecule has 0 aromatic carbocycles. The second-order valence-electron chi connectivity index (χ2n) is 7.39. The zero-order chi connectivity index (χ0) is 14.3. The molecular weight excluding hydrogens is 268 g/mol. The van der Waals surface area contributed by atoms with Gasteiger partial charge in [0.15, 0.2) is 0 Å². The quantitative estimate of drug-likeness (QED) is 0.793. The molecule has 4 saturated carbocycles. The van der Waals surface area contributed by atoms with Crippen LogP contribution in [-0.2, 0) is 4.79 Å². The second kappa shape index (κ2) is 5.28. The molecule has 112 valence electrons. The van der Waals surface area contributed by atoms with Gasteiger partial charge in [-0.3, -0.25) is 4.79 Å². The maximum absolute atomic E-state index is 13.1. The first kappa shape index (κ1) is 14.3. The lowest BCUT2D eigenvalue weighted by molar-refractivity contribution is -0.156. The van der Waals surface area contributed by atoms with Crippen molar-refractivity contribution in [2.75, 3.05) is 13.1 Å². The lowest BCUT2D eigenvalue weighted by atomic mass is 9.49. The summed E-state index contributed by atoms with van der Waals surface area (Å²) in [6.07, 6.45) is 8.45. The Morgan fingerprint density at radius 3 is 2.10 bits per heavy atom. The predicted molar refractivity (Wildman–Crippen MR) is 84.3 cm³/mol. The number of carbonyl (C=O) groups excluding carboxylic acids is 1. The summed E-state index contributed by atoms with van der Waals surface area (Å²) in [5.74, 6) is 2.77. The van der Waals surface area contributed by atoms with E-state index in [0.717, 1.165) is 50.0 Å². The molecule has 0 spiro atoms. The Balaban J connectivity index is 1.79. The van der Waals surface area contributed by atoms with Crippen molar-refractivity contribution >= 4 is 23.1 Å². The Morgan fingerprint density at radius 2 is 1.70 bits per heavy atom. The Morgan fingerprint density at radius 1 is 1.20 bits per heavy atom. The monoisotopic (exact) mass is 294 g/mol. The van der Waals surface area contributed by atoms with E-state index in [4.69, 9.17) is 18.0 Å². The van der Waals surface area contributed by atoms with Gasteiger partial charge in [-0.2, -0.15) is 0 Å². The molecule has 0 heterocycles. The highest BCUT2D eigenvalue weighted by Gasteiger charge is 2.55. The van der Waals surface area contributed by atoms with Crippen molar-refractivity contribution in [1.82, 2.24) is 4.90 Å². The van der Waals surface area contributed by atoms with Crippen LogP contribution in [-0.4, -0.2) is 28.9 Å². The average molecular weight is 294 g/mol. The van der Waals surface area contributed by atoms with E-state index in [0.29, 0.717) is 17.4 Å². The fourth-order valence-electron chi connectivity index (χ4n) is 5.42. The summed E-state index contributed by atoms with van der Waals surface area (Å²) in [7, 11) is 0. The largest absolute Gasteiger partial charge is 0.392 e. The van der Waals surface area contributed by atoms with Crippen molar-refractivity contribution in [2.24, 2.45) is 28.9 Å². The highest BCUT2D eigenvalue weighted by molar-refractivity contribution is 7.80. The standard InChI is InChI=1S/C16H26N2OS/c1-2-3-18(10-14(17)20)15(19)16-7-11-4-12(8-16)6-13(5-11)9-16/h11-13H,2-10H2,1H3,(H2,17,20). The van der Waals surface area contributed by atoms with E-state index in [1.165, 1.54) is 19.3 Å². The summed E-state index contributed by atoms with van der Waals surface area (Å²) in [5, 5.41) is 0. The van der Waals surface area contributed by atoms with Crippen LogP contribution < -0.4 is 5.73 Å². The molecule has 4 heteroatoms. The van der Waals surface area contributed by atoms with Gasteiger partial charge in [0.25, 0.3) is 0 Å². The first-order valence-electron chi connectivity index (χ1n) is 8.10. The Kier molecular flexibility index (Phi) is 3.78. The molecule has 4 aliphatic carbocycles. The second-order valence-corrected chi connectivity index (χ2v) is 7.92. The average Bonchev–Trinajstić information content (AvgIpc) is 2.35. The molecule has 1 amide bonds. The zero-order valence-corrected chi connectivity index (χ0v) is 13.3. The third-order valence-electron chi connectivity index (χ3n) is 5.62. The van der Waals surface area contributed by atoms with Crippen LogP contribution in [0.5, 0.6) is 0 Å². The van der Waals surface area contributed by atoms with Gasteiger partial charge in [0, 0.05) is 6.54 Å². The van der Waals surface area contributed by atoms with E-state index in [2.05, 4.69) is 6.92 Å². The maximum Gasteiger partial charge on any atom is 0.229 e. The van der Waals surface area contributed by atoms with Gasteiger partial charge in [0.1, 0.15) is 0 Å². The first-order chi connectivity index (χ1) is 9.52. The van der Waals surface area contributed by atoms with Crippen molar-refractivity contribution in [3.8, 4) is 0 Å². The molecule has 4 fully saturated rings. The molecule has 4 aliphatic rings. The normalized spacial score (nSPS) is 38.0. The van der Waals surface area contributed by atoms with Crippen LogP contribution in [0.25, 0.3) is 0 Å². The van der Waals surface area contributed by atoms with Crippen molar-refractivity contribution in [1.29, 1.82) is 0 Å². The Labute approximate surface area is 127 Å². The Hall–Kier alpha value is -0.640. The van der Waals surface area contributed by atoms with Gasteiger partial charge in [0.2, 0.25) is 5.91 Å². The van der Waals surface area contributed by atoms with Gasteiger partial charge in [-0.1, -0.05) is 19.1 Å². The molecule has 20 heavy (non-hydrogen) atoms. The van der Waals surface area contributed by atoms with Crippen molar-refractivity contribution in [2.45, 2.75) is 51.9 Å². The van der Waals surface area contributed by atoms with Crippen LogP contribution in [0.4, 0.5) is 0 Å². The van der Waals surface area contributed by atoms with Crippen molar-refractivity contribution < 1.29 is 4.79 Å². The van der Waals surface area contributed by atoms with E-state index < -0.39 is 0 Å². The molecule has 0 atom stereocenters. The van der Waals surface area contributed by atoms with Gasteiger partial charge in [0.05, 0.1) is 16.9 Å². The molecule has 2 N–H and O–H groups in total. The molecule has 3 nitrogen and oxygen atoms in total. The highest BCUT2D eigenvalue weighted by atomic mass is 32.1. The molecule has 0 aromatic heterocycles. The zero-order valence-electron chi connectivity index (χ0n) is 12.4. The number of hydrogen-bond donors (Lipinski definition) is 1. The molecule has 0 saturated heterocycles. The minimum Gasteiger partial charge on any atom is -0.392 e. The van der Waals surface area contributed by atoms with E-state index in [1.54, 1.807) is 0 Å². The summed E-state index contributed by atoms with van der Waals surface area (Å²) < 4.78 is 0. The molecular formula is C16H26N2OS. The summed E-state index contributed by atoms with van der Waals surface area (Å²) >= 11 is 5.03. The lowest BCUT2D eigenvalue weighted by Crippen LogP contribution is -2.55. The van der Waals surface area contributed by atoms with Crippen LogP contribution in [0.1, 0.15) is 51.9 Å². The third-order valence-corrected chi connectivity index (χ3v) is 5.75. The van der Waals surface area contributed by atoms with Crippen LogP contribution in [0.2, 0.25) is 0 Å². The molecule has 0 unspecified atom stereocenters. The SMILES string of the molecule is CCCN(CC(N)=S)C(=O)C12CC3CC(CC(C3)C1)C2. The van der Waals surface area contributed by atoms with Crippen LogP contribution in [0.3, 0.4) is 0 Å². The lowest BCUT2D eigenvalue weighted by Gasteiger charge is -2.56. The molecule has 4 rings (SSSR count). The van der Waals surface area contributed by atoms with E-state index in [1.807, 2.05) is 4.90 Å². The predicted octanol–water partition coefficient (Wildman–Crippen LogP) is 2.73. The number of thiocarbonyl (C=S) groups is 1. The number of hydrogen-bond acceptors (Lipinski definition) is 2. The molecule has 4 bridgehead atoms. The highest BCUT2D eigenvalue weighted by Crippen LogP contribution is 2.60. The van der Waals surface area contributed by atoms with Crippen LogP contribution in [0, 0.1) is 23.2 Å². The number of nitrogens with two attached hydrogens (primary N) is 1. The fourth-order valence-corrected chi connectivity index (χ4v) is 5.57. The Bertz CT molecular complexity index is 385. The minimum absolute atomic E-state index is 0.0608. The van der Waals surface area contributed by atoms with Gasteiger partial charge in [-0.05, 0) is 62.7 Å². The summed E-state index contributed by atoms with van der Waals surface area (Å²) in [5.41, 5.74) is 5.63. The fraction of sp³-hybridized carbons (Fsp3) is 0.875. The van der Waals surface area contributed by atoms with E-state index >= 15 is 0 Å². The van der Waals surface area contributed by atoms with Gasteiger partial charge < -0.3 is 10.6 Å². The molecule has 0 radical (unpaired) electrons. The smallest absolute Gasteiger partial charge is 0.229 e. The van der Waals surface area contributed by atoms with E-state index in [9.17, 15) is 4.79 Å². The number of rotatable bonds is 5. The summed E-state index contributed by atoms with van der Waals surface area (Å²) in [4.78, 5) is 15.5. The van der Waals surface area contributed by atoms with Crippen molar-refractivity contribution in [3.63, 3.8) is 0 Å². The maximum atomic E-state index is 13.1. The molecule has 0 aromatic rings. The minimum atomic E-state index is -0.0608. The van der Waals surface area contributed by atoms with Crippen LogP contribution >= 0.6 is 12.2 Å². The van der Waals surface area contributed by atoms with E-state index in [-0.39, 0.29) is 5.41 Å². The van der Waals surface area contributed by atoms with Gasteiger partial charge in [-0.25, -0.2) is 0 Å². The van der Waals surface area contributed by atoms with Gasteiger partial charge in [-0.15, -0.1) is 0 Å². The van der Waals surface area contributed by atoms with Crippen molar-refractivity contribution in [3.05, 3.63) is 0 Å². The van der Waals surface area contributed by atoms with Crippen LogP contribution in [0.15, 0.2) is 0 Å². The number of nitrogens with zero attached hydrogens (tertiary/aromatic N) is 1. The molecule has 0 aliphatic heterocycles. The summed E-state index contributed by atoms with van der Waals surface area (Å²) in [6.45, 7) is 3.36.